The third-order valence-corrected chi connectivity index (χ3v) is 8.31. The summed E-state index contributed by atoms with van der Waals surface area (Å²) in [6.45, 7) is 5.94. The fourth-order valence-corrected chi connectivity index (χ4v) is 6.30. The molecule has 42 heavy (non-hydrogen) atoms. The van der Waals surface area contributed by atoms with Crippen molar-refractivity contribution in [2.45, 2.75) is 37.2 Å². The molecule has 7 heteroatoms. The van der Waals surface area contributed by atoms with Crippen LogP contribution in [0.5, 0.6) is 0 Å². The van der Waals surface area contributed by atoms with Crippen molar-refractivity contribution in [3.63, 3.8) is 0 Å². The number of esters is 1. The van der Waals surface area contributed by atoms with Gasteiger partial charge in [0.05, 0.1) is 23.5 Å². The van der Waals surface area contributed by atoms with Gasteiger partial charge in [-0.1, -0.05) is 97.1 Å². The first-order chi connectivity index (χ1) is 20.2. The average Bonchev–Trinajstić information content (AvgIpc) is 3.00. The van der Waals surface area contributed by atoms with Crippen molar-refractivity contribution >= 4 is 29.5 Å². The van der Waals surface area contributed by atoms with Crippen molar-refractivity contribution < 1.29 is 19.1 Å². The van der Waals surface area contributed by atoms with Gasteiger partial charge in [-0.05, 0) is 55.7 Å². The van der Waals surface area contributed by atoms with E-state index in [0.717, 1.165) is 22.4 Å². The molecule has 4 aromatic carbocycles. The Hall–Kier alpha value is -4.23. The van der Waals surface area contributed by atoms with Gasteiger partial charge < -0.3 is 20.1 Å². The first kappa shape index (κ1) is 30.7. The van der Waals surface area contributed by atoms with Gasteiger partial charge in [-0.15, -0.1) is 11.8 Å². The summed E-state index contributed by atoms with van der Waals surface area (Å²) in [5, 5.41) is 6.48. The maximum Gasteiger partial charge on any atom is 0.407 e. The molecule has 0 aliphatic carbocycles. The molecule has 0 saturated heterocycles. The number of amides is 1. The smallest absolute Gasteiger partial charge is 0.407 e. The minimum atomic E-state index is -0.633. The van der Waals surface area contributed by atoms with Gasteiger partial charge in [0.1, 0.15) is 5.60 Å². The first-order valence-corrected chi connectivity index (χ1v) is 14.9. The molecule has 1 amide bonds. The van der Waals surface area contributed by atoms with Gasteiger partial charge in [0.25, 0.3) is 0 Å². The zero-order valence-corrected chi connectivity index (χ0v) is 25.3. The van der Waals surface area contributed by atoms with E-state index in [-0.39, 0.29) is 6.04 Å². The fraction of sp³-hybridized carbons (Fsp3) is 0.257. The molecule has 0 bridgehead atoms. The first-order valence-electron chi connectivity index (χ1n) is 13.9. The van der Waals surface area contributed by atoms with E-state index in [1.165, 1.54) is 7.11 Å². The van der Waals surface area contributed by atoms with Crippen LogP contribution < -0.4 is 10.6 Å². The molecule has 0 aromatic heterocycles. The third kappa shape index (κ3) is 7.95. The SMILES string of the molecule is COC(=O)c1cccc(NC[C@H](CSC(c2ccccc2)(c2ccccc2)c2ccccc2)NC(=O)OC(C)(C)C)c1. The molecule has 0 radical (unpaired) electrons. The molecule has 4 aromatic rings. The van der Waals surface area contributed by atoms with E-state index in [1.807, 2.05) is 45.0 Å². The minimum Gasteiger partial charge on any atom is -0.465 e. The van der Waals surface area contributed by atoms with Crippen LogP contribution >= 0.6 is 11.8 Å². The van der Waals surface area contributed by atoms with Crippen LogP contribution in [-0.2, 0) is 14.2 Å². The van der Waals surface area contributed by atoms with E-state index in [9.17, 15) is 9.59 Å². The molecule has 0 aliphatic heterocycles. The largest absolute Gasteiger partial charge is 0.465 e. The van der Waals surface area contributed by atoms with Crippen LogP contribution in [0, 0.1) is 0 Å². The lowest BCUT2D eigenvalue weighted by molar-refractivity contribution is 0.0511. The molecular formula is C35H38N2O4S. The summed E-state index contributed by atoms with van der Waals surface area (Å²) in [4.78, 5) is 25.0. The summed E-state index contributed by atoms with van der Waals surface area (Å²) in [7, 11) is 1.36. The highest BCUT2D eigenvalue weighted by atomic mass is 32.2. The van der Waals surface area contributed by atoms with Crippen LogP contribution in [-0.4, -0.2) is 43.1 Å². The van der Waals surface area contributed by atoms with Crippen LogP contribution in [0.15, 0.2) is 115 Å². The minimum absolute atomic E-state index is 0.317. The number of alkyl carbamates (subject to hydrolysis) is 1. The molecule has 6 nitrogen and oxygen atoms in total. The maximum atomic E-state index is 13.0. The van der Waals surface area contributed by atoms with Crippen molar-refractivity contribution in [1.82, 2.24) is 5.32 Å². The normalized spacial score (nSPS) is 12.2. The van der Waals surface area contributed by atoms with Crippen molar-refractivity contribution in [2.24, 2.45) is 0 Å². The van der Waals surface area contributed by atoms with E-state index < -0.39 is 22.4 Å². The molecular weight excluding hydrogens is 544 g/mol. The lowest BCUT2D eigenvalue weighted by Gasteiger charge is -2.37. The Morgan fingerprint density at radius 1 is 0.762 bits per heavy atom. The predicted octanol–water partition coefficient (Wildman–Crippen LogP) is 7.50. The van der Waals surface area contributed by atoms with Gasteiger partial charge in [-0.2, -0.15) is 0 Å². The van der Waals surface area contributed by atoms with E-state index >= 15 is 0 Å². The van der Waals surface area contributed by atoms with Gasteiger partial charge >= 0.3 is 12.1 Å². The number of rotatable bonds is 11. The molecule has 0 saturated carbocycles. The number of hydrogen-bond donors (Lipinski definition) is 2. The van der Waals surface area contributed by atoms with Crippen molar-refractivity contribution in [3.05, 3.63) is 138 Å². The fourth-order valence-electron chi connectivity index (χ4n) is 4.74. The Balaban J connectivity index is 1.68. The Morgan fingerprint density at radius 3 is 1.76 bits per heavy atom. The zero-order valence-electron chi connectivity index (χ0n) is 24.5. The summed E-state index contributed by atoms with van der Waals surface area (Å²) in [5.74, 6) is 0.151. The summed E-state index contributed by atoms with van der Waals surface area (Å²) in [6.07, 6.45) is -0.483. The van der Waals surface area contributed by atoms with Crippen LogP contribution in [0.3, 0.4) is 0 Å². The van der Waals surface area contributed by atoms with Crippen LogP contribution in [0.2, 0.25) is 0 Å². The molecule has 4 rings (SSSR count). The number of carbonyl (C=O) groups is 2. The van der Waals surface area contributed by atoms with Gasteiger partial charge in [0.15, 0.2) is 0 Å². The Kier molecular flexibility index (Phi) is 10.3. The Bertz CT molecular complexity index is 1340. The third-order valence-electron chi connectivity index (χ3n) is 6.60. The van der Waals surface area contributed by atoms with Gasteiger partial charge in [0.2, 0.25) is 0 Å². The molecule has 218 valence electrons. The number of carbonyl (C=O) groups excluding carboxylic acids is 2. The standard InChI is InChI=1S/C35H38N2O4S/c1-34(2,3)41-33(39)37-31(24-36-30-22-14-15-26(23-30)32(38)40-4)25-42-35(27-16-8-5-9-17-27,28-18-10-6-11-19-28)29-20-12-7-13-21-29/h5-23,31,36H,24-25H2,1-4H3,(H,37,39)/t31-/m1/s1. The van der Waals surface area contributed by atoms with Gasteiger partial charge in [-0.3, -0.25) is 0 Å². The van der Waals surface area contributed by atoms with Crippen LogP contribution in [0.4, 0.5) is 10.5 Å². The van der Waals surface area contributed by atoms with Gasteiger partial charge in [0, 0.05) is 18.0 Å². The van der Waals surface area contributed by atoms with Crippen molar-refractivity contribution in [1.29, 1.82) is 0 Å². The van der Waals surface area contributed by atoms with Gasteiger partial charge in [-0.25, -0.2) is 9.59 Å². The molecule has 1 atom stereocenters. The molecule has 0 unspecified atom stereocenters. The molecule has 0 heterocycles. The quantitative estimate of drug-likeness (QED) is 0.141. The summed E-state index contributed by atoms with van der Waals surface area (Å²) < 4.78 is 9.96. The highest BCUT2D eigenvalue weighted by Crippen LogP contribution is 2.48. The number of nitrogens with one attached hydrogen (secondary N) is 2. The second-order valence-corrected chi connectivity index (χ2v) is 12.1. The summed E-state index contributed by atoms with van der Waals surface area (Å²) in [5.41, 5.74) is 3.99. The zero-order chi connectivity index (χ0) is 30.0. The summed E-state index contributed by atoms with van der Waals surface area (Å²) in [6, 6.07) is 38.1. The van der Waals surface area contributed by atoms with Crippen molar-refractivity contribution in [3.8, 4) is 0 Å². The van der Waals surface area contributed by atoms with E-state index in [4.69, 9.17) is 9.47 Å². The van der Waals surface area contributed by atoms with E-state index in [0.29, 0.717) is 17.9 Å². The molecule has 2 N–H and O–H groups in total. The second-order valence-electron chi connectivity index (χ2n) is 10.9. The van der Waals surface area contributed by atoms with E-state index in [2.05, 4.69) is 83.4 Å². The number of hydrogen-bond acceptors (Lipinski definition) is 6. The predicted molar refractivity (Wildman–Crippen MR) is 171 cm³/mol. The number of thioether (sulfide) groups is 1. The monoisotopic (exact) mass is 582 g/mol. The maximum absolute atomic E-state index is 13.0. The number of methoxy groups -OCH3 is 1. The number of anilines is 1. The lowest BCUT2D eigenvalue weighted by atomic mass is 9.84. The number of benzene rings is 4. The Labute approximate surface area is 252 Å². The molecule has 0 aliphatic rings. The highest BCUT2D eigenvalue weighted by Gasteiger charge is 2.37. The second kappa shape index (κ2) is 14.1. The number of ether oxygens (including phenoxy) is 2. The molecule has 0 fully saturated rings. The van der Waals surface area contributed by atoms with E-state index in [1.54, 1.807) is 30.0 Å². The van der Waals surface area contributed by atoms with Crippen LogP contribution in [0.25, 0.3) is 0 Å². The Morgan fingerprint density at radius 2 is 1.29 bits per heavy atom. The summed E-state index contributed by atoms with van der Waals surface area (Å²) >= 11 is 1.76. The topological polar surface area (TPSA) is 76.7 Å². The highest BCUT2D eigenvalue weighted by molar-refractivity contribution is 8.00. The van der Waals surface area contributed by atoms with Crippen LogP contribution in [0.1, 0.15) is 47.8 Å². The average molecular weight is 583 g/mol. The van der Waals surface area contributed by atoms with Crippen molar-refractivity contribution in [2.75, 3.05) is 24.7 Å². The molecule has 0 spiro atoms. The lowest BCUT2D eigenvalue weighted by Crippen LogP contribution is -2.45.